The number of para-hydroxylation sites is 1. The van der Waals surface area contributed by atoms with Gasteiger partial charge in [-0.2, -0.15) is 0 Å². The van der Waals surface area contributed by atoms with E-state index in [9.17, 15) is 4.79 Å². The number of rotatable bonds is 4. The third-order valence-electron chi connectivity index (χ3n) is 2.78. The number of aromatic nitrogens is 1. The van der Waals surface area contributed by atoms with Gasteiger partial charge in [-0.1, -0.05) is 25.1 Å². The minimum Gasteiger partial charge on any atom is -0.340 e. The number of hydrogen-bond donors (Lipinski definition) is 1. The van der Waals surface area contributed by atoms with Crippen molar-refractivity contribution in [2.75, 3.05) is 5.32 Å². The van der Waals surface area contributed by atoms with Crippen LogP contribution in [0.15, 0.2) is 42.6 Å². The number of aryl methyl sites for hydroxylation is 1. The van der Waals surface area contributed by atoms with Crippen LogP contribution in [0.3, 0.4) is 0 Å². The van der Waals surface area contributed by atoms with Crippen LogP contribution in [-0.2, 0) is 0 Å². The number of hydrogen-bond acceptors (Lipinski definition) is 3. The summed E-state index contributed by atoms with van der Waals surface area (Å²) in [5, 5.41) is 3.21. The lowest BCUT2D eigenvalue weighted by molar-refractivity contribution is 0.0987. The highest BCUT2D eigenvalue weighted by molar-refractivity contribution is 5.97. The second kappa shape index (κ2) is 5.45. The van der Waals surface area contributed by atoms with Gasteiger partial charge in [0.2, 0.25) is 0 Å². The topological polar surface area (TPSA) is 42.0 Å². The van der Waals surface area contributed by atoms with Crippen LogP contribution in [0, 0.1) is 6.92 Å². The van der Waals surface area contributed by atoms with Crippen molar-refractivity contribution >= 4 is 17.3 Å². The Kier molecular flexibility index (Phi) is 3.72. The molecule has 1 aromatic carbocycles. The molecule has 0 aliphatic carbocycles. The number of anilines is 2. The van der Waals surface area contributed by atoms with Crippen molar-refractivity contribution < 1.29 is 4.79 Å². The second-order valence-corrected chi connectivity index (χ2v) is 4.15. The Hall–Kier alpha value is -2.16. The van der Waals surface area contributed by atoms with E-state index in [1.54, 1.807) is 6.20 Å². The molecule has 0 spiro atoms. The molecular weight excluding hydrogens is 224 g/mol. The average molecular weight is 240 g/mol. The second-order valence-electron chi connectivity index (χ2n) is 4.15. The van der Waals surface area contributed by atoms with Gasteiger partial charge in [0.1, 0.15) is 5.82 Å². The summed E-state index contributed by atoms with van der Waals surface area (Å²) in [6, 6.07) is 11.7. The summed E-state index contributed by atoms with van der Waals surface area (Å²) >= 11 is 0. The first-order valence-corrected chi connectivity index (χ1v) is 6.02. The van der Waals surface area contributed by atoms with Gasteiger partial charge in [0.05, 0.1) is 0 Å². The molecule has 0 fully saturated rings. The van der Waals surface area contributed by atoms with Crippen molar-refractivity contribution in [1.82, 2.24) is 4.98 Å². The van der Waals surface area contributed by atoms with Crippen LogP contribution in [0.25, 0.3) is 0 Å². The lowest BCUT2D eigenvalue weighted by Crippen LogP contribution is -2.02. The summed E-state index contributed by atoms with van der Waals surface area (Å²) in [5.41, 5.74) is 2.64. The van der Waals surface area contributed by atoms with E-state index in [0.29, 0.717) is 12.0 Å². The summed E-state index contributed by atoms with van der Waals surface area (Å²) in [6.07, 6.45) is 2.15. The molecule has 0 unspecified atom stereocenters. The molecule has 1 heterocycles. The Morgan fingerprint density at radius 2 is 2.00 bits per heavy atom. The van der Waals surface area contributed by atoms with E-state index in [2.05, 4.69) is 10.3 Å². The number of ketones is 1. The maximum atomic E-state index is 11.6. The summed E-state index contributed by atoms with van der Waals surface area (Å²) < 4.78 is 0. The van der Waals surface area contributed by atoms with Crippen LogP contribution in [0.4, 0.5) is 11.5 Å². The predicted octanol–water partition coefficient (Wildman–Crippen LogP) is 3.73. The lowest BCUT2D eigenvalue weighted by atomic mass is 10.1. The van der Waals surface area contributed by atoms with Crippen molar-refractivity contribution in [2.24, 2.45) is 0 Å². The van der Waals surface area contributed by atoms with Gasteiger partial charge in [0, 0.05) is 23.9 Å². The summed E-state index contributed by atoms with van der Waals surface area (Å²) in [4.78, 5) is 15.9. The zero-order valence-corrected chi connectivity index (χ0v) is 10.6. The maximum absolute atomic E-state index is 11.6. The monoisotopic (exact) mass is 240 g/mol. The quantitative estimate of drug-likeness (QED) is 0.828. The van der Waals surface area contributed by atoms with Crippen LogP contribution in [-0.4, -0.2) is 10.8 Å². The fraction of sp³-hybridized carbons (Fsp3) is 0.200. The molecule has 0 aliphatic heterocycles. The van der Waals surface area contributed by atoms with Crippen molar-refractivity contribution in [2.45, 2.75) is 20.3 Å². The largest absolute Gasteiger partial charge is 0.340 e. The molecule has 1 aromatic heterocycles. The van der Waals surface area contributed by atoms with Crippen molar-refractivity contribution in [3.05, 3.63) is 53.7 Å². The van der Waals surface area contributed by atoms with Crippen molar-refractivity contribution in [1.29, 1.82) is 0 Å². The highest BCUT2D eigenvalue weighted by atomic mass is 16.1. The molecular formula is C15H16N2O. The van der Waals surface area contributed by atoms with Gasteiger partial charge in [-0.05, 0) is 30.7 Å². The third-order valence-corrected chi connectivity index (χ3v) is 2.78. The molecule has 92 valence electrons. The average Bonchev–Trinajstić information content (AvgIpc) is 2.39. The Labute approximate surface area is 107 Å². The van der Waals surface area contributed by atoms with Gasteiger partial charge < -0.3 is 5.32 Å². The molecule has 0 saturated heterocycles. The number of benzene rings is 1. The normalized spacial score (nSPS) is 10.1. The van der Waals surface area contributed by atoms with Crippen LogP contribution >= 0.6 is 0 Å². The maximum Gasteiger partial charge on any atom is 0.164 e. The molecule has 2 rings (SSSR count). The van der Waals surface area contributed by atoms with E-state index in [4.69, 9.17) is 0 Å². The zero-order valence-electron chi connectivity index (χ0n) is 10.6. The van der Waals surface area contributed by atoms with Crippen LogP contribution in [0.2, 0.25) is 0 Å². The van der Waals surface area contributed by atoms with E-state index in [1.165, 1.54) is 0 Å². The van der Waals surface area contributed by atoms with Crippen LogP contribution < -0.4 is 5.32 Å². The van der Waals surface area contributed by atoms with Gasteiger partial charge in [-0.3, -0.25) is 4.79 Å². The van der Waals surface area contributed by atoms with Crippen molar-refractivity contribution in [3.63, 3.8) is 0 Å². The molecule has 0 bridgehead atoms. The summed E-state index contributed by atoms with van der Waals surface area (Å²) in [6.45, 7) is 3.79. The fourth-order valence-corrected chi connectivity index (χ4v) is 1.78. The third kappa shape index (κ3) is 2.74. The van der Waals surface area contributed by atoms with Gasteiger partial charge in [0.15, 0.2) is 5.78 Å². The SMILES string of the molecule is CCC(=O)c1cnc(Nc2ccccc2)cc1C. The van der Waals surface area contributed by atoms with Gasteiger partial charge in [-0.25, -0.2) is 4.98 Å². The molecule has 1 N–H and O–H groups in total. The highest BCUT2D eigenvalue weighted by Crippen LogP contribution is 2.17. The number of nitrogens with one attached hydrogen (secondary N) is 1. The smallest absolute Gasteiger partial charge is 0.164 e. The Balaban J connectivity index is 2.22. The Morgan fingerprint density at radius 3 is 2.61 bits per heavy atom. The minimum atomic E-state index is 0.131. The number of carbonyl (C=O) groups excluding carboxylic acids is 1. The van der Waals surface area contributed by atoms with E-state index in [-0.39, 0.29) is 5.78 Å². The minimum absolute atomic E-state index is 0.131. The molecule has 0 amide bonds. The number of pyridine rings is 1. The van der Waals surface area contributed by atoms with Gasteiger partial charge in [-0.15, -0.1) is 0 Å². The van der Waals surface area contributed by atoms with E-state index in [0.717, 1.165) is 17.1 Å². The molecule has 0 aliphatic rings. The molecule has 3 nitrogen and oxygen atoms in total. The molecule has 0 radical (unpaired) electrons. The number of nitrogens with zero attached hydrogens (tertiary/aromatic N) is 1. The standard InChI is InChI=1S/C15H16N2O/c1-3-14(18)13-10-16-15(9-11(13)2)17-12-7-5-4-6-8-12/h4-10H,3H2,1-2H3,(H,16,17). The summed E-state index contributed by atoms with van der Waals surface area (Å²) in [7, 11) is 0. The number of Topliss-reactive ketones (excluding diaryl/α,β-unsaturated/α-hetero) is 1. The fourth-order valence-electron chi connectivity index (χ4n) is 1.78. The van der Waals surface area contributed by atoms with Crippen molar-refractivity contribution in [3.8, 4) is 0 Å². The van der Waals surface area contributed by atoms with Crippen LogP contribution in [0.1, 0.15) is 29.3 Å². The Bertz CT molecular complexity index is 550. The van der Waals surface area contributed by atoms with Gasteiger partial charge in [0.25, 0.3) is 0 Å². The van der Waals surface area contributed by atoms with Crippen LogP contribution in [0.5, 0.6) is 0 Å². The molecule has 2 aromatic rings. The van der Waals surface area contributed by atoms with E-state index < -0.39 is 0 Å². The molecule has 3 heteroatoms. The van der Waals surface area contributed by atoms with E-state index in [1.807, 2.05) is 50.2 Å². The van der Waals surface area contributed by atoms with Gasteiger partial charge >= 0.3 is 0 Å². The molecule has 0 saturated carbocycles. The first-order valence-electron chi connectivity index (χ1n) is 6.02. The first-order chi connectivity index (χ1) is 8.70. The predicted molar refractivity (Wildman–Crippen MR) is 73.3 cm³/mol. The zero-order chi connectivity index (χ0) is 13.0. The lowest BCUT2D eigenvalue weighted by Gasteiger charge is -2.08. The summed E-state index contributed by atoms with van der Waals surface area (Å²) in [5.74, 6) is 0.887. The molecule has 0 atom stereocenters. The van der Waals surface area contributed by atoms with E-state index >= 15 is 0 Å². The first kappa shape index (κ1) is 12.3. The molecule has 18 heavy (non-hydrogen) atoms. The Morgan fingerprint density at radius 1 is 1.28 bits per heavy atom. The highest BCUT2D eigenvalue weighted by Gasteiger charge is 2.08. The number of carbonyl (C=O) groups is 1.